The fraction of sp³-hybridized carbons (Fsp3) is 0.0526. The molecule has 0 aliphatic heterocycles. The molecule has 0 atom stereocenters. The van der Waals surface area contributed by atoms with Gasteiger partial charge in [0.1, 0.15) is 11.5 Å². The van der Waals surface area contributed by atoms with Crippen molar-refractivity contribution in [3.05, 3.63) is 85.5 Å². The average molecular weight is 463 g/mol. The summed E-state index contributed by atoms with van der Waals surface area (Å²) in [4.78, 5) is 22.2. The van der Waals surface area contributed by atoms with Crippen molar-refractivity contribution in [1.29, 1.82) is 0 Å². The van der Waals surface area contributed by atoms with Gasteiger partial charge in [0.05, 0.1) is 17.6 Å². The zero-order valence-electron chi connectivity index (χ0n) is 14.3. The summed E-state index contributed by atoms with van der Waals surface area (Å²) < 4.78 is 6.19. The molecule has 3 aromatic rings. The Labute approximate surface area is 173 Å². The number of hydrogen-bond acceptors (Lipinski definition) is 5. The van der Waals surface area contributed by atoms with Crippen molar-refractivity contribution in [1.82, 2.24) is 5.43 Å². The molecule has 0 saturated heterocycles. The third kappa shape index (κ3) is 5.05. The van der Waals surface area contributed by atoms with E-state index in [0.29, 0.717) is 26.6 Å². The van der Waals surface area contributed by atoms with Crippen molar-refractivity contribution in [3.63, 3.8) is 0 Å². The Kier molecular flexibility index (Phi) is 6.23. The minimum Gasteiger partial charge on any atom is -0.455 e. The maximum Gasteiger partial charge on any atom is 0.270 e. The van der Waals surface area contributed by atoms with E-state index in [2.05, 4.69) is 26.5 Å². The number of carbonyl (C=O) groups excluding carboxylic acids is 1. The number of nitrogens with one attached hydrogen (secondary N) is 1. The summed E-state index contributed by atoms with van der Waals surface area (Å²) in [5.74, 6) is 0.659. The first-order valence-corrected chi connectivity index (χ1v) is 9.20. The van der Waals surface area contributed by atoms with Crippen LogP contribution in [0.4, 0.5) is 5.69 Å². The summed E-state index contributed by atoms with van der Waals surface area (Å²) in [7, 11) is 0. The Balaban J connectivity index is 1.62. The summed E-state index contributed by atoms with van der Waals surface area (Å²) >= 11 is 9.12. The summed E-state index contributed by atoms with van der Waals surface area (Å²) in [5.41, 5.74) is 3.89. The number of hydrazone groups is 1. The van der Waals surface area contributed by atoms with Crippen LogP contribution in [0.15, 0.2) is 68.6 Å². The van der Waals surface area contributed by atoms with Crippen LogP contribution in [0.2, 0.25) is 5.02 Å². The maximum atomic E-state index is 11.9. The Hall–Kier alpha value is -2.97. The summed E-state index contributed by atoms with van der Waals surface area (Å²) in [6.07, 6.45) is 1.55. The molecule has 0 spiro atoms. The number of carbonyl (C=O) groups is 1. The molecule has 1 amide bonds. The van der Waals surface area contributed by atoms with Gasteiger partial charge in [0.15, 0.2) is 0 Å². The fourth-order valence-electron chi connectivity index (χ4n) is 2.38. The molecule has 28 heavy (non-hydrogen) atoms. The Morgan fingerprint density at radius 3 is 2.64 bits per heavy atom. The third-order valence-electron chi connectivity index (χ3n) is 3.71. The molecule has 1 heterocycles. The summed E-state index contributed by atoms with van der Waals surface area (Å²) in [5, 5.41) is 15.3. The zero-order valence-corrected chi connectivity index (χ0v) is 16.6. The van der Waals surface area contributed by atoms with Gasteiger partial charge >= 0.3 is 0 Å². The van der Waals surface area contributed by atoms with Gasteiger partial charge in [0.2, 0.25) is 5.91 Å². The normalized spacial score (nSPS) is 10.9. The van der Waals surface area contributed by atoms with Crippen molar-refractivity contribution in [3.8, 4) is 11.3 Å². The van der Waals surface area contributed by atoms with E-state index >= 15 is 0 Å². The van der Waals surface area contributed by atoms with Crippen LogP contribution < -0.4 is 5.43 Å². The minimum atomic E-state index is -0.471. The zero-order chi connectivity index (χ0) is 20.1. The van der Waals surface area contributed by atoms with E-state index in [-0.39, 0.29) is 18.0 Å². The molecule has 0 unspecified atom stereocenters. The Bertz CT molecular complexity index is 1050. The quantitative estimate of drug-likeness (QED) is 0.318. The van der Waals surface area contributed by atoms with Crippen LogP contribution in [-0.2, 0) is 11.2 Å². The van der Waals surface area contributed by atoms with Crippen LogP contribution in [-0.4, -0.2) is 17.0 Å². The van der Waals surface area contributed by atoms with Crippen LogP contribution in [0.1, 0.15) is 11.3 Å². The lowest BCUT2D eigenvalue weighted by atomic mass is 10.1. The monoisotopic (exact) mass is 461 g/mol. The molecule has 2 aromatic carbocycles. The second-order valence-corrected chi connectivity index (χ2v) is 7.01. The summed E-state index contributed by atoms with van der Waals surface area (Å²) in [6.45, 7) is 0. The number of nitro groups is 1. The van der Waals surface area contributed by atoms with Crippen molar-refractivity contribution < 1.29 is 14.1 Å². The first-order valence-electron chi connectivity index (χ1n) is 8.03. The van der Waals surface area contributed by atoms with E-state index in [1.807, 2.05) is 0 Å². The number of nitro benzene ring substituents is 1. The van der Waals surface area contributed by atoms with E-state index in [1.54, 1.807) is 42.5 Å². The Morgan fingerprint density at radius 1 is 1.21 bits per heavy atom. The van der Waals surface area contributed by atoms with Gasteiger partial charge in [-0.3, -0.25) is 14.9 Å². The van der Waals surface area contributed by atoms with Gasteiger partial charge in [-0.2, -0.15) is 5.10 Å². The minimum absolute atomic E-state index is 0.0210. The highest BCUT2D eigenvalue weighted by molar-refractivity contribution is 9.10. The number of rotatable bonds is 6. The molecular weight excluding hydrogens is 450 g/mol. The molecule has 0 aliphatic carbocycles. The van der Waals surface area contributed by atoms with E-state index < -0.39 is 4.92 Å². The molecule has 0 aliphatic rings. The number of nitrogens with zero attached hydrogens (tertiary/aromatic N) is 2. The first kappa shape index (κ1) is 19.8. The van der Waals surface area contributed by atoms with Crippen LogP contribution in [0.5, 0.6) is 0 Å². The molecule has 3 rings (SSSR count). The number of amides is 1. The molecule has 142 valence electrons. The van der Waals surface area contributed by atoms with Gasteiger partial charge in [-0.05, 0) is 51.8 Å². The summed E-state index contributed by atoms with van der Waals surface area (Å²) in [6, 6.07) is 14.8. The van der Waals surface area contributed by atoms with E-state index in [1.165, 1.54) is 18.3 Å². The molecule has 1 N–H and O–H groups in total. The Morgan fingerprint density at radius 2 is 1.96 bits per heavy atom. The number of non-ortho nitro benzene ring substituents is 1. The van der Waals surface area contributed by atoms with Crippen LogP contribution in [0.3, 0.4) is 0 Å². The van der Waals surface area contributed by atoms with Crippen LogP contribution >= 0.6 is 27.5 Å². The lowest BCUT2D eigenvalue weighted by Gasteiger charge is -2.01. The highest BCUT2D eigenvalue weighted by Gasteiger charge is 2.13. The molecule has 0 radical (unpaired) electrons. The molecule has 0 fully saturated rings. The van der Waals surface area contributed by atoms with Crippen LogP contribution in [0.25, 0.3) is 11.3 Å². The molecule has 0 bridgehead atoms. The topological polar surface area (TPSA) is 97.7 Å². The average Bonchev–Trinajstić information content (AvgIpc) is 3.12. The van der Waals surface area contributed by atoms with Gasteiger partial charge < -0.3 is 4.42 Å². The van der Waals surface area contributed by atoms with Gasteiger partial charge in [-0.15, -0.1) is 0 Å². The largest absolute Gasteiger partial charge is 0.455 e. The third-order valence-corrected chi connectivity index (χ3v) is 4.62. The second-order valence-electron chi connectivity index (χ2n) is 5.72. The lowest BCUT2D eigenvalue weighted by molar-refractivity contribution is -0.384. The first-order chi connectivity index (χ1) is 13.4. The lowest BCUT2D eigenvalue weighted by Crippen LogP contribution is -2.19. The predicted molar refractivity (Wildman–Crippen MR) is 109 cm³/mol. The van der Waals surface area contributed by atoms with Crippen LogP contribution in [0, 0.1) is 10.1 Å². The predicted octanol–water partition coefficient (Wildman–Crippen LogP) is 4.96. The van der Waals surface area contributed by atoms with Gasteiger partial charge in [-0.1, -0.05) is 23.7 Å². The maximum absolute atomic E-state index is 11.9. The molecule has 1 aromatic heterocycles. The van der Waals surface area contributed by atoms with Gasteiger partial charge in [0, 0.05) is 27.2 Å². The highest BCUT2D eigenvalue weighted by atomic mass is 79.9. The van der Waals surface area contributed by atoms with E-state index in [4.69, 9.17) is 16.0 Å². The molecular formula is C19H13BrClN3O4. The SMILES string of the molecule is O=C(Cc1ccc(Cl)cc1)N/N=C\c1ccc(-c2ccc([N+](=O)[O-])cc2Br)o1. The van der Waals surface area contributed by atoms with Gasteiger partial charge in [0.25, 0.3) is 5.69 Å². The molecule has 0 saturated carbocycles. The second kappa shape index (κ2) is 8.81. The standard InChI is InChI=1S/C19H13BrClN3O4/c20-17-10-14(24(26)27)5-7-16(17)18-8-6-15(28-18)11-22-23-19(25)9-12-1-3-13(21)4-2-12/h1-8,10-11H,9H2,(H,23,25)/b22-11-. The van der Waals surface area contributed by atoms with Crippen molar-refractivity contribution in [2.24, 2.45) is 5.10 Å². The van der Waals surface area contributed by atoms with Crippen molar-refractivity contribution >= 4 is 45.3 Å². The number of furan rings is 1. The van der Waals surface area contributed by atoms with Crippen molar-refractivity contribution in [2.45, 2.75) is 6.42 Å². The number of benzene rings is 2. The van der Waals surface area contributed by atoms with E-state index in [0.717, 1.165) is 5.56 Å². The number of hydrogen-bond donors (Lipinski definition) is 1. The van der Waals surface area contributed by atoms with Gasteiger partial charge in [-0.25, -0.2) is 5.43 Å². The molecule has 7 nitrogen and oxygen atoms in total. The van der Waals surface area contributed by atoms with E-state index in [9.17, 15) is 14.9 Å². The molecule has 9 heteroatoms. The van der Waals surface area contributed by atoms with Crippen molar-refractivity contribution in [2.75, 3.05) is 0 Å². The highest BCUT2D eigenvalue weighted by Crippen LogP contribution is 2.32. The number of halogens is 2. The smallest absolute Gasteiger partial charge is 0.270 e. The fourth-order valence-corrected chi connectivity index (χ4v) is 3.07.